The summed E-state index contributed by atoms with van der Waals surface area (Å²) in [5, 5.41) is 0. The van der Waals surface area contributed by atoms with Crippen LogP contribution in [-0.4, -0.2) is 72.3 Å². The van der Waals surface area contributed by atoms with Gasteiger partial charge in [0.05, 0.1) is 15.2 Å². The number of hydrogen-bond acceptors (Lipinski definition) is 4. The number of amides is 2. The summed E-state index contributed by atoms with van der Waals surface area (Å²) in [5.41, 5.74) is 0. The van der Waals surface area contributed by atoms with Gasteiger partial charge in [0.1, 0.15) is 0 Å². The van der Waals surface area contributed by atoms with Crippen molar-refractivity contribution in [2.45, 2.75) is 25.7 Å². The molecule has 0 radical (unpaired) electrons. The summed E-state index contributed by atoms with van der Waals surface area (Å²) in [5.74, 6) is 0.322. The van der Waals surface area contributed by atoms with Crippen LogP contribution in [0.4, 0.5) is 0 Å². The van der Waals surface area contributed by atoms with Gasteiger partial charge in [-0.3, -0.25) is 14.5 Å². The number of halogens is 2. The van der Waals surface area contributed by atoms with E-state index in [1.165, 1.54) is 24.2 Å². The van der Waals surface area contributed by atoms with Gasteiger partial charge < -0.3 is 9.80 Å². The van der Waals surface area contributed by atoms with Crippen LogP contribution in [-0.2, 0) is 4.79 Å². The summed E-state index contributed by atoms with van der Waals surface area (Å²) in [7, 11) is 0. The van der Waals surface area contributed by atoms with E-state index in [9.17, 15) is 9.59 Å². The molecule has 2 amide bonds. The number of rotatable bonds is 3. The molecule has 0 unspecified atom stereocenters. The molecule has 5 nitrogen and oxygen atoms in total. The van der Waals surface area contributed by atoms with Crippen LogP contribution in [0.1, 0.15) is 35.4 Å². The van der Waals surface area contributed by atoms with E-state index in [-0.39, 0.29) is 11.8 Å². The van der Waals surface area contributed by atoms with Gasteiger partial charge in [0.25, 0.3) is 5.91 Å². The molecule has 0 spiro atoms. The van der Waals surface area contributed by atoms with Crippen molar-refractivity contribution in [1.82, 2.24) is 14.7 Å². The van der Waals surface area contributed by atoms with Crippen LogP contribution < -0.4 is 0 Å². The fraction of sp³-hybridized carbons (Fsp3) is 0.647. The smallest absolute Gasteiger partial charge is 0.264 e. The Labute approximate surface area is 169 Å². The summed E-state index contributed by atoms with van der Waals surface area (Å²) in [6, 6.07) is 1.87. The topological polar surface area (TPSA) is 43.9 Å². The molecule has 1 aromatic heterocycles. The zero-order valence-corrected chi connectivity index (χ0v) is 18.2. The van der Waals surface area contributed by atoms with Gasteiger partial charge in [-0.05, 0) is 50.8 Å². The van der Waals surface area contributed by atoms with E-state index in [2.05, 4.69) is 36.8 Å². The van der Waals surface area contributed by atoms with Crippen molar-refractivity contribution < 1.29 is 9.59 Å². The standard InChI is InChI=1S/C17H23Br2N3O2S/c18-13-11-14(25-16(13)19)17(24)22-9-7-20(8-10-22)12-15(23)21-5-3-1-2-4-6-21/h11H,1-10,12H2. The number of likely N-dealkylation sites (tertiary alicyclic amines) is 1. The second-order valence-electron chi connectivity index (χ2n) is 6.60. The molecule has 0 saturated carbocycles. The highest BCUT2D eigenvalue weighted by Crippen LogP contribution is 2.33. The van der Waals surface area contributed by atoms with Gasteiger partial charge in [0.2, 0.25) is 5.91 Å². The van der Waals surface area contributed by atoms with Crippen LogP contribution in [0.25, 0.3) is 0 Å². The predicted octanol–water partition coefficient (Wildman–Crippen LogP) is 3.43. The van der Waals surface area contributed by atoms with E-state index in [1.54, 1.807) is 0 Å². The first-order valence-corrected chi connectivity index (χ1v) is 11.2. The Bertz CT molecular complexity index is 602. The van der Waals surface area contributed by atoms with Crippen molar-refractivity contribution in [2.24, 2.45) is 0 Å². The highest BCUT2D eigenvalue weighted by Gasteiger charge is 2.26. The van der Waals surface area contributed by atoms with Crippen LogP contribution in [0, 0.1) is 0 Å². The summed E-state index contributed by atoms with van der Waals surface area (Å²) in [6.45, 7) is 5.17. The monoisotopic (exact) mass is 491 g/mol. The quantitative estimate of drug-likeness (QED) is 0.649. The van der Waals surface area contributed by atoms with Crippen molar-refractivity contribution in [1.29, 1.82) is 0 Å². The number of carbonyl (C=O) groups excluding carboxylic acids is 2. The average molecular weight is 493 g/mol. The molecule has 3 heterocycles. The van der Waals surface area contributed by atoms with Crippen molar-refractivity contribution in [2.75, 3.05) is 45.8 Å². The minimum absolute atomic E-state index is 0.0786. The summed E-state index contributed by atoms with van der Waals surface area (Å²) in [6.07, 6.45) is 4.72. The SMILES string of the molecule is O=C(CN1CCN(C(=O)c2cc(Br)c(Br)s2)CC1)N1CCCCCC1. The fourth-order valence-corrected chi connectivity index (χ4v) is 5.33. The largest absolute Gasteiger partial charge is 0.342 e. The molecule has 0 atom stereocenters. The maximum Gasteiger partial charge on any atom is 0.264 e. The van der Waals surface area contributed by atoms with Crippen LogP contribution in [0.5, 0.6) is 0 Å². The molecule has 25 heavy (non-hydrogen) atoms. The summed E-state index contributed by atoms with van der Waals surface area (Å²) in [4.78, 5) is 31.9. The molecule has 0 aromatic carbocycles. The minimum atomic E-state index is 0.0786. The second-order valence-corrected chi connectivity index (χ2v) is 9.82. The van der Waals surface area contributed by atoms with E-state index in [0.717, 1.165) is 52.2 Å². The van der Waals surface area contributed by atoms with Crippen LogP contribution >= 0.6 is 43.2 Å². The van der Waals surface area contributed by atoms with E-state index < -0.39 is 0 Å². The van der Waals surface area contributed by atoms with Crippen molar-refractivity contribution in [3.63, 3.8) is 0 Å². The van der Waals surface area contributed by atoms with Gasteiger partial charge in [-0.1, -0.05) is 12.8 Å². The number of piperazine rings is 1. The molecule has 138 valence electrons. The van der Waals surface area contributed by atoms with Gasteiger partial charge in [0, 0.05) is 43.7 Å². The molecule has 0 bridgehead atoms. The molecule has 3 rings (SSSR count). The normalized spacial score (nSPS) is 19.8. The third-order valence-corrected chi connectivity index (χ3v) is 8.08. The first kappa shape index (κ1) is 19.3. The maximum atomic E-state index is 12.6. The average Bonchev–Trinajstić information content (AvgIpc) is 2.82. The molecule has 2 saturated heterocycles. The molecule has 2 fully saturated rings. The Balaban J connectivity index is 1.48. The molecule has 1 aromatic rings. The number of thiophene rings is 1. The van der Waals surface area contributed by atoms with Gasteiger partial charge in [0.15, 0.2) is 0 Å². The molecule has 2 aliphatic heterocycles. The van der Waals surface area contributed by atoms with Crippen LogP contribution in [0.2, 0.25) is 0 Å². The number of carbonyl (C=O) groups is 2. The lowest BCUT2D eigenvalue weighted by atomic mass is 10.2. The number of hydrogen-bond donors (Lipinski definition) is 0. The number of nitrogens with zero attached hydrogens (tertiary/aromatic N) is 3. The lowest BCUT2D eigenvalue weighted by molar-refractivity contribution is -0.132. The molecular weight excluding hydrogens is 470 g/mol. The van der Waals surface area contributed by atoms with E-state index >= 15 is 0 Å². The van der Waals surface area contributed by atoms with Crippen molar-refractivity contribution >= 4 is 55.0 Å². The van der Waals surface area contributed by atoms with Gasteiger partial charge in [-0.2, -0.15) is 0 Å². The molecule has 8 heteroatoms. The van der Waals surface area contributed by atoms with Gasteiger partial charge in [-0.15, -0.1) is 11.3 Å². The third kappa shape index (κ3) is 5.05. The van der Waals surface area contributed by atoms with Gasteiger partial charge >= 0.3 is 0 Å². The Morgan fingerprint density at radius 1 is 0.920 bits per heavy atom. The summed E-state index contributed by atoms with van der Waals surface area (Å²) >= 11 is 8.32. The minimum Gasteiger partial charge on any atom is -0.342 e. The van der Waals surface area contributed by atoms with Crippen LogP contribution in [0.15, 0.2) is 14.3 Å². The summed E-state index contributed by atoms with van der Waals surface area (Å²) < 4.78 is 1.86. The zero-order chi connectivity index (χ0) is 17.8. The van der Waals surface area contributed by atoms with Crippen molar-refractivity contribution in [3.05, 3.63) is 19.2 Å². The third-order valence-electron chi connectivity index (χ3n) is 4.83. The highest BCUT2D eigenvalue weighted by molar-refractivity contribution is 9.13. The lowest BCUT2D eigenvalue weighted by Gasteiger charge is -2.35. The Kier molecular flexibility index (Phi) is 6.93. The highest BCUT2D eigenvalue weighted by atomic mass is 79.9. The lowest BCUT2D eigenvalue weighted by Crippen LogP contribution is -2.51. The van der Waals surface area contributed by atoms with E-state index in [4.69, 9.17) is 0 Å². The second kappa shape index (κ2) is 8.97. The molecule has 2 aliphatic rings. The molecular formula is C17H23Br2N3O2S. The van der Waals surface area contributed by atoms with Crippen molar-refractivity contribution in [3.8, 4) is 0 Å². The Morgan fingerprint density at radius 3 is 2.12 bits per heavy atom. The van der Waals surface area contributed by atoms with E-state index in [1.807, 2.05) is 15.9 Å². The molecule has 0 N–H and O–H groups in total. The Morgan fingerprint density at radius 2 is 1.56 bits per heavy atom. The van der Waals surface area contributed by atoms with E-state index in [0.29, 0.717) is 19.6 Å². The predicted molar refractivity (Wildman–Crippen MR) is 107 cm³/mol. The van der Waals surface area contributed by atoms with Crippen LogP contribution in [0.3, 0.4) is 0 Å². The van der Waals surface area contributed by atoms with Gasteiger partial charge in [-0.25, -0.2) is 0 Å². The first-order valence-electron chi connectivity index (χ1n) is 8.79. The maximum absolute atomic E-state index is 12.6. The molecule has 0 aliphatic carbocycles. The fourth-order valence-electron chi connectivity index (χ4n) is 3.33. The first-order chi connectivity index (χ1) is 12.0. The zero-order valence-electron chi connectivity index (χ0n) is 14.2. The Hall–Kier alpha value is -0.440.